The quantitative estimate of drug-likeness (QED) is 0.711. The van der Waals surface area contributed by atoms with Crippen LogP contribution in [0.5, 0.6) is 0 Å². The van der Waals surface area contributed by atoms with Crippen LogP contribution < -0.4 is 0 Å². The van der Waals surface area contributed by atoms with Crippen molar-refractivity contribution in [2.75, 3.05) is 7.11 Å². The number of pyridine rings is 1. The highest BCUT2D eigenvalue weighted by molar-refractivity contribution is 7.89. The molecule has 0 spiro atoms. The lowest BCUT2D eigenvalue weighted by molar-refractivity contribution is -0.153. The second-order valence-electron chi connectivity index (χ2n) is 7.10. The van der Waals surface area contributed by atoms with E-state index in [1.807, 2.05) is 6.92 Å². The lowest BCUT2D eigenvalue weighted by Gasteiger charge is -2.40. The average Bonchev–Trinajstić information content (AvgIpc) is 3.24. The summed E-state index contributed by atoms with van der Waals surface area (Å²) in [5, 5.41) is 4.77. The Labute approximate surface area is 157 Å². The maximum atomic E-state index is 13.4. The second-order valence-corrected chi connectivity index (χ2v) is 8.95. The van der Waals surface area contributed by atoms with Gasteiger partial charge in [0.05, 0.1) is 25.5 Å². The number of piperidine rings is 1. The molecular formula is C17H22N4O5S. The first-order valence-electron chi connectivity index (χ1n) is 8.87. The van der Waals surface area contributed by atoms with Gasteiger partial charge in [-0.1, -0.05) is 0 Å². The van der Waals surface area contributed by atoms with Gasteiger partial charge < -0.3 is 9.47 Å². The van der Waals surface area contributed by atoms with E-state index < -0.39 is 28.1 Å². The van der Waals surface area contributed by atoms with Gasteiger partial charge in [-0.25, -0.2) is 18.2 Å². The summed E-state index contributed by atoms with van der Waals surface area (Å²) in [5.74, 6) is -0.465. The van der Waals surface area contributed by atoms with Gasteiger partial charge in [-0.2, -0.15) is 9.40 Å². The predicted molar refractivity (Wildman–Crippen MR) is 95.3 cm³/mol. The SMILES string of the molecule is COC(=O)[C@@H]1C[C@@H]2[C@H](CC[C@H](C)N2S(=O)(=O)c2cnc3c(cnn3C)c2)O1. The number of nitrogens with zero attached hydrogens (tertiary/aromatic N) is 4. The Bertz CT molecular complexity index is 988. The first kappa shape index (κ1) is 18.3. The van der Waals surface area contributed by atoms with E-state index in [2.05, 4.69) is 10.1 Å². The first-order chi connectivity index (χ1) is 12.8. The highest BCUT2D eigenvalue weighted by Crippen LogP contribution is 2.38. The van der Waals surface area contributed by atoms with Crippen molar-refractivity contribution in [3.05, 3.63) is 18.5 Å². The number of aromatic nitrogens is 3. The van der Waals surface area contributed by atoms with Crippen molar-refractivity contribution in [1.82, 2.24) is 19.1 Å². The Morgan fingerprint density at radius 3 is 2.85 bits per heavy atom. The molecule has 0 aliphatic carbocycles. The fourth-order valence-corrected chi connectivity index (χ4v) is 5.96. The van der Waals surface area contributed by atoms with Crippen LogP contribution in [0.25, 0.3) is 11.0 Å². The van der Waals surface area contributed by atoms with Crippen molar-refractivity contribution in [2.24, 2.45) is 7.05 Å². The Morgan fingerprint density at radius 1 is 1.33 bits per heavy atom. The van der Waals surface area contributed by atoms with Gasteiger partial charge in [0, 0.05) is 31.1 Å². The predicted octanol–water partition coefficient (Wildman–Crippen LogP) is 0.840. The van der Waals surface area contributed by atoms with Crippen LogP contribution in [0.15, 0.2) is 23.4 Å². The molecule has 10 heteroatoms. The Kier molecular flexibility index (Phi) is 4.44. The molecule has 0 aromatic carbocycles. The Hall–Kier alpha value is -2.04. The van der Waals surface area contributed by atoms with Gasteiger partial charge in [-0.15, -0.1) is 0 Å². The number of hydrogen-bond donors (Lipinski definition) is 0. The number of carbonyl (C=O) groups is 1. The molecule has 0 saturated carbocycles. The van der Waals surface area contributed by atoms with Crippen LogP contribution in [-0.2, 0) is 31.3 Å². The van der Waals surface area contributed by atoms with Crippen LogP contribution in [0.4, 0.5) is 0 Å². The summed E-state index contributed by atoms with van der Waals surface area (Å²) < 4.78 is 40.5. The van der Waals surface area contributed by atoms with Gasteiger partial charge in [0.15, 0.2) is 11.8 Å². The van der Waals surface area contributed by atoms with Crippen molar-refractivity contribution < 1.29 is 22.7 Å². The zero-order valence-corrected chi connectivity index (χ0v) is 16.2. The van der Waals surface area contributed by atoms with Crippen LogP contribution in [0.1, 0.15) is 26.2 Å². The van der Waals surface area contributed by atoms with Crippen LogP contribution >= 0.6 is 0 Å². The van der Waals surface area contributed by atoms with E-state index in [0.29, 0.717) is 30.3 Å². The normalized spacial score (nSPS) is 29.0. The number of hydrogen-bond acceptors (Lipinski definition) is 7. The van der Waals surface area contributed by atoms with Crippen molar-refractivity contribution in [2.45, 2.75) is 55.4 Å². The molecule has 2 fully saturated rings. The fraction of sp³-hybridized carbons (Fsp3) is 0.588. The summed E-state index contributed by atoms with van der Waals surface area (Å²) in [7, 11) is -0.743. The molecule has 4 rings (SSSR count). The average molecular weight is 394 g/mol. The summed E-state index contributed by atoms with van der Waals surface area (Å²) in [5.41, 5.74) is 0.619. The minimum atomic E-state index is -3.80. The lowest BCUT2D eigenvalue weighted by Crippen LogP contribution is -2.53. The van der Waals surface area contributed by atoms with Crippen LogP contribution in [-0.4, -0.2) is 64.9 Å². The summed E-state index contributed by atoms with van der Waals surface area (Å²) in [6.07, 6.45) is 3.59. The van der Waals surface area contributed by atoms with E-state index >= 15 is 0 Å². The van der Waals surface area contributed by atoms with Crippen molar-refractivity contribution in [3.63, 3.8) is 0 Å². The molecule has 0 bridgehead atoms. The maximum Gasteiger partial charge on any atom is 0.335 e. The summed E-state index contributed by atoms with van der Waals surface area (Å²) in [4.78, 5) is 16.3. The topological polar surface area (TPSA) is 104 Å². The third kappa shape index (κ3) is 2.91. The van der Waals surface area contributed by atoms with Gasteiger partial charge in [-0.05, 0) is 25.8 Å². The van der Waals surface area contributed by atoms with Gasteiger partial charge in [0.25, 0.3) is 0 Å². The second kappa shape index (κ2) is 6.54. The summed E-state index contributed by atoms with van der Waals surface area (Å²) in [6, 6.07) is 1.00. The molecule has 27 heavy (non-hydrogen) atoms. The molecule has 0 radical (unpaired) electrons. The third-order valence-corrected chi connectivity index (χ3v) is 7.44. The first-order valence-corrected chi connectivity index (χ1v) is 10.3. The largest absolute Gasteiger partial charge is 0.467 e. The molecule has 0 amide bonds. The van der Waals surface area contributed by atoms with E-state index in [-0.39, 0.29) is 17.0 Å². The molecular weight excluding hydrogens is 372 g/mol. The van der Waals surface area contributed by atoms with E-state index in [1.54, 1.807) is 24.0 Å². The molecule has 146 valence electrons. The monoisotopic (exact) mass is 394 g/mol. The minimum Gasteiger partial charge on any atom is -0.467 e. The fourth-order valence-electron chi connectivity index (χ4n) is 4.10. The van der Waals surface area contributed by atoms with Crippen LogP contribution in [0.3, 0.4) is 0 Å². The molecule has 2 aliphatic rings. The lowest BCUT2D eigenvalue weighted by atomic mass is 9.95. The number of carbonyl (C=O) groups excluding carboxylic acids is 1. The zero-order chi connectivity index (χ0) is 19.3. The van der Waals surface area contributed by atoms with Crippen LogP contribution in [0.2, 0.25) is 0 Å². The van der Waals surface area contributed by atoms with Gasteiger partial charge in [0.2, 0.25) is 10.0 Å². The third-order valence-electron chi connectivity index (χ3n) is 5.44. The molecule has 9 nitrogen and oxygen atoms in total. The maximum absolute atomic E-state index is 13.4. The molecule has 4 heterocycles. The summed E-state index contributed by atoms with van der Waals surface area (Å²) >= 11 is 0. The number of methoxy groups -OCH3 is 1. The minimum absolute atomic E-state index is 0.122. The van der Waals surface area contributed by atoms with E-state index in [9.17, 15) is 13.2 Å². The molecule has 0 N–H and O–H groups in total. The number of rotatable bonds is 3. The highest BCUT2D eigenvalue weighted by atomic mass is 32.2. The number of sulfonamides is 1. The van der Waals surface area contributed by atoms with E-state index in [1.165, 1.54) is 17.6 Å². The Balaban J connectivity index is 1.71. The van der Waals surface area contributed by atoms with Crippen molar-refractivity contribution in [3.8, 4) is 0 Å². The van der Waals surface area contributed by atoms with Crippen LogP contribution in [0, 0.1) is 0 Å². The number of fused-ring (bicyclic) bond motifs is 2. The highest BCUT2D eigenvalue weighted by Gasteiger charge is 2.50. The standard InChI is InChI=1S/C17H22N4O5S/c1-10-4-5-14-13(7-15(26-14)17(22)25-3)21(10)27(23,24)12-6-11-8-19-20(2)16(11)18-9-12/h6,8-10,13-15H,4-5,7H2,1-3H3/t10-,13+,14-,15-/m0/s1. The van der Waals surface area contributed by atoms with E-state index in [4.69, 9.17) is 9.47 Å². The number of ether oxygens (including phenoxy) is 2. The van der Waals surface area contributed by atoms with Gasteiger partial charge in [0.1, 0.15) is 4.90 Å². The van der Waals surface area contributed by atoms with Crippen molar-refractivity contribution >= 4 is 27.0 Å². The zero-order valence-electron chi connectivity index (χ0n) is 15.4. The molecule has 2 aromatic heterocycles. The molecule has 2 aromatic rings. The number of aryl methyl sites for hydroxylation is 1. The smallest absolute Gasteiger partial charge is 0.335 e. The van der Waals surface area contributed by atoms with E-state index in [0.717, 1.165) is 0 Å². The van der Waals surface area contributed by atoms with Gasteiger partial charge >= 0.3 is 5.97 Å². The molecule has 2 aliphatic heterocycles. The van der Waals surface area contributed by atoms with Gasteiger partial charge in [-0.3, -0.25) is 4.68 Å². The van der Waals surface area contributed by atoms with Crippen molar-refractivity contribution in [1.29, 1.82) is 0 Å². The Morgan fingerprint density at radius 2 is 2.11 bits per heavy atom. The summed E-state index contributed by atoms with van der Waals surface area (Å²) in [6.45, 7) is 1.88. The molecule has 0 unspecified atom stereocenters. The number of esters is 1. The molecule has 2 saturated heterocycles. The molecule has 4 atom stereocenters.